The van der Waals surface area contributed by atoms with Crippen LogP contribution in [-0.2, 0) is 7.05 Å². The lowest BCUT2D eigenvalue weighted by Crippen LogP contribution is -2.39. The molecule has 0 fully saturated rings. The fraction of sp³-hybridized carbons (Fsp3) is 0.200. The Bertz CT molecular complexity index is 599. The van der Waals surface area contributed by atoms with E-state index in [0.717, 1.165) is 6.42 Å². The van der Waals surface area contributed by atoms with E-state index >= 15 is 0 Å². The Morgan fingerprint density at radius 1 is 1.00 bits per heavy atom. The van der Waals surface area contributed by atoms with Gasteiger partial charge in [0.2, 0.25) is 0 Å². The lowest BCUT2D eigenvalue weighted by atomic mass is 10.2. The zero-order valence-corrected chi connectivity index (χ0v) is 10.7. The van der Waals surface area contributed by atoms with Crippen molar-refractivity contribution in [2.24, 2.45) is 7.05 Å². The maximum Gasteiger partial charge on any atom is 0.106 e. The monoisotopic (exact) mass is 239 g/mol. The lowest BCUT2D eigenvalue weighted by Gasteiger charge is -2.34. The Morgan fingerprint density at radius 3 is 2.39 bits per heavy atom. The molecule has 2 aromatic rings. The molecule has 1 aliphatic rings. The largest absolute Gasteiger partial charge is 0.270 e. The molecule has 1 heterocycles. The topological polar surface area (TPSA) is 13.1 Å². The molecule has 3 rings (SSSR count). The van der Waals surface area contributed by atoms with Crippen LogP contribution in [0.25, 0.3) is 12.2 Å². The third-order valence-corrected chi connectivity index (χ3v) is 3.35. The molecular formula is C15H17N3. The minimum absolute atomic E-state index is 1.00. The highest BCUT2D eigenvalue weighted by Crippen LogP contribution is 2.24. The van der Waals surface area contributed by atoms with Crippen molar-refractivity contribution >= 4 is 17.8 Å². The van der Waals surface area contributed by atoms with Crippen molar-refractivity contribution in [3.63, 3.8) is 0 Å². The molecule has 0 amide bonds. The normalized spacial score (nSPS) is 13.4. The van der Waals surface area contributed by atoms with E-state index in [2.05, 4.69) is 77.1 Å². The summed E-state index contributed by atoms with van der Waals surface area (Å²) in [6, 6.07) is 10.4. The third-order valence-electron chi connectivity index (χ3n) is 3.35. The molecule has 3 heteroatoms. The van der Waals surface area contributed by atoms with Crippen LogP contribution in [0, 0.1) is 0 Å². The van der Waals surface area contributed by atoms with Crippen LogP contribution >= 0.6 is 0 Å². The first-order valence-electron chi connectivity index (χ1n) is 6.19. The average Bonchev–Trinajstić information content (AvgIpc) is 2.62. The Morgan fingerprint density at radius 2 is 1.67 bits per heavy atom. The SMILES string of the molecule is CN(c1ccccc1)n1c2c(n1C)C=CCC=C2. The predicted octanol–water partition coefficient (Wildman–Crippen LogP) is 3.16. The highest BCUT2D eigenvalue weighted by Gasteiger charge is 2.18. The van der Waals surface area contributed by atoms with Gasteiger partial charge >= 0.3 is 0 Å². The van der Waals surface area contributed by atoms with Crippen LogP contribution in [0.2, 0.25) is 0 Å². The molecule has 0 saturated heterocycles. The summed E-state index contributed by atoms with van der Waals surface area (Å²) in [5, 5.41) is 2.16. The van der Waals surface area contributed by atoms with Crippen molar-refractivity contribution in [3.8, 4) is 0 Å². The van der Waals surface area contributed by atoms with E-state index in [1.54, 1.807) is 0 Å². The second-order valence-electron chi connectivity index (χ2n) is 4.48. The molecule has 0 N–H and O–H groups in total. The molecule has 0 bridgehead atoms. The molecule has 3 nitrogen and oxygen atoms in total. The number of hydrogen-bond acceptors (Lipinski definition) is 1. The molecule has 1 aliphatic carbocycles. The molecule has 0 spiro atoms. The smallest absolute Gasteiger partial charge is 0.106 e. The first-order chi connectivity index (χ1) is 8.79. The summed E-state index contributed by atoms with van der Waals surface area (Å²) in [6.45, 7) is 0. The summed E-state index contributed by atoms with van der Waals surface area (Å²) in [5.74, 6) is 0. The van der Waals surface area contributed by atoms with Gasteiger partial charge in [0.1, 0.15) is 5.69 Å². The van der Waals surface area contributed by atoms with E-state index in [1.807, 2.05) is 6.07 Å². The zero-order valence-electron chi connectivity index (χ0n) is 10.7. The zero-order chi connectivity index (χ0) is 12.5. The summed E-state index contributed by atoms with van der Waals surface area (Å²) in [7, 11) is 4.17. The van der Waals surface area contributed by atoms with E-state index in [0.29, 0.717) is 0 Å². The van der Waals surface area contributed by atoms with Gasteiger partial charge in [-0.3, -0.25) is 9.69 Å². The second kappa shape index (κ2) is 4.26. The van der Waals surface area contributed by atoms with Crippen LogP contribution in [0.5, 0.6) is 0 Å². The maximum atomic E-state index is 2.19. The van der Waals surface area contributed by atoms with Gasteiger partial charge in [-0.1, -0.05) is 30.4 Å². The standard InChI is InChI=1S/C15H17N3/c1-16(13-9-5-3-6-10-13)18-15-12-8-4-7-11-14(15)17(18)2/h3,5-12H,4H2,1-2H3. The van der Waals surface area contributed by atoms with Gasteiger partial charge in [-0.2, -0.15) is 4.79 Å². The van der Waals surface area contributed by atoms with Gasteiger partial charge in [-0.25, -0.2) is 0 Å². The van der Waals surface area contributed by atoms with E-state index in [-0.39, 0.29) is 0 Å². The van der Waals surface area contributed by atoms with Gasteiger partial charge < -0.3 is 0 Å². The van der Waals surface area contributed by atoms with Gasteiger partial charge in [0.25, 0.3) is 0 Å². The van der Waals surface area contributed by atoms with Crippen LogP contribution in [0.4, 0.5) is 5.69 Å². The Labute approximate surface area is 107 Å². The summed E-state index contributed by atoms with van der Waals surface area (Å²) < 4.78 is 2.16. The Kier molecular flexibility index (Phi) is 2.59. The maximum absolute atomic E-state index is 2.19. The quantitative estimate of drug-likeness (QED) is 0.784. The van der Waals surface area contributed by atoms with Crippen LogP contribution in [0.3, 0.4) is 0 Å². The number of anilines is 1. The molecule has 0 saturated carbocycles. The molecule has 1 aromatic heterocycles. The molecule has 0 radical (unpaired) electrons. The molecule has 1 aromatic carbocycles. The fourth-order valence-corrected chi connectivity index (χ4v) is 2.39. The summed E-state index contributed by atoms with van der Waals surface area (Å²) in [5.41, 5.74) is 3.70. The van der Waals surface area contributed by atoms with E-state index in [1.165, 1.54) is 17.1 Å². The predicted molar refractivity (Wildman–Crippen MR) is 76.3 cm³/mol. The highest BCUT2D eigenvalue weighted by molar-refractivity contribution is 5.65. The second-order valence-corrected chi connectivity index (χ2v) is 4.48. The van der Waals surface area contributed by atoms with Gasteiger partial charge in [-0.05, 0) is 30.7 Å². The van der Waals surface area contributed by atoms with Crippen LogP contribution in [0.1, 0.15) is 17.8 Å². The number of benzene rings is 1. The summed E-state index contributed by atoms with van der Waals surface area (Å²) >= 11 is 0. The number of nitrogens with zero attached hydrogens (tertiary/aromatic N) is 3. The molecular weight excluding hydrogens is 222 g/mol. The Hall–Kier alpha value is -2.16. The van der Waals surface area contributed by atoms with E-state index in [4.69, 9.17) is 0 Å². The minimum atomic E-state index is 1.00. The fourth-order valence-electron chi connectivity index (χ4n) is 2.39. The number of para-hydroxylation sites is 1. The van der Waals surface area contributed by atoms with Crippen molar-refractivity contribution in [2.75, 3.05) is 12.1 Å². The third kappa shape index (κ3) is 1.59. The molecule has 0 aliphatic heterocycles. The van der Waals surface area contributed by atoms with Gasteiger partial charge in [-0.15, -0.1) is 0 Å². The van der Waals surface area contributed by atoms with Gasteiger partial charge in [0, 0.05) is 14.1 Å². The lowest BCUT2D eigenvalue weighted by molar-refractivity contribution is 0.471. The van der Waals surface area contributed by atoms with E-state index < -0.39 is 0 Å². The van der Waals surface area contributed by atoms with Crippen LogP contribution in [0.15, 0.2) is 42.5 Å². The first-order valence-corrected chi connectivity index (χ1v) is 6.19. The number of aromatic nitrogens is 2. The van der Waals surface area contributed by atoms with E-state index in [9.17, 15) is 0 Å². The average molecular weight is 239 g/mol. The molecule has 92 valence electrons. The van der Waals surface area contributed by atoms with Crippen molar-refractivity contribution < 1.29 is 0 Å². The molecule has 18 heavy (non-hydrogen) atoms. The number of allylic oxidation sites excluding steroid dienone is 2. The molecule has 0 atom stereocenters. The summed E-state index contributed by atoms with van der Waals surface area (Å²) in [4.78, 5) is 2.18. The van der Waals surface area contributed by atoms with Crippen molar-refractivity contribution in [1.29, 1.82) is 0 Å². The number of rotatable bonds is 2. The molecule has 0 unspecified atom stereocenters. The number of hydrogen-bond donors (Lipinski definition) is 0. The number of fused-ring (bicyclic) bond motifs is 1. The van der Waals surface area contributed by atoms with Crippen molar-refractivity contribution in [3.05, 3.63) is 53.9 Å². The Balaban J connectivity index is 2.02. The van der Waals surface area contributed by atoms with Crippen molar-refractivity contribution in [2.45, 2.75) is 6.42 Å². The highest BCUT2D eigenvalue weighted by atomic mass is 15.7. The van der Waals surface area contributed by atoms with Crippen LogP contribution < -0.4 is 5.01 Å². The minimum Gasteiger partial charge on any atom is -0.270 e. The van der Waals surface area contributed by atoms with Gasteiger partial charge in [0.05, 0.1) is 11.4 Å². The first kappa shape index (κ1) is 11.0. The summed E-state index contributed by atoms with van der Waals surface area (Å²) in [6.07, 6.45) is 9.76. The van der Waals surface area contributed by atoms with Crippen molar-refractivity contribution in [1.82, 2.24) is 9.47 Å². The van der Waals surface area contributed by atoms with Crippen LogP contribution in [-0.4, -0.2) is 16.5 Å². The van der Waals surface area contributed by atoms with Gasteiger partial charge in [0.15, 0.2) is 0 Å².